The Bertz CT molecular complexity index is 764. The molecular weight excluding hydrogens is 312 g/mol. The lowest BCUT2D eigenvalue weighted by molar-refractivity contribution is 0.000696. The lowest BCUT2D eigenvalue weighted by Gasteiger charge is -2.09. The van der Waals surface area contributed by atoms with E-state index in [0.717, 1.165) is 17.1 Å². The predicted octanol–water partition coefficient (Wildman–Crippen LogP) is 2.53. The SMILES string of the molecule is ONC(O)c1cccc(-n2cc(CSc3ccccc3)nn2)c1. The monoisotopic (exact) mass is 328 g/mol. The van der Waals surface area contributed by atoms with E-state index in [1.165, 1.54) is 4.90 Å². The number of hydroxylamine groups is 1. The third kappa shape index (κ3) is 3.96. The second-order valence-corrected chi connectivity index (χ2v) is 5.93. The Labute approximate surface area is 137 Å². The number of nitrogens with zero attached hydrogens (tertiary/aromatic N) is 3. The molecule has 2 aromatic carbocycles. The van der Waals surface area contributed by atoms with Crippen LogP contribution in [0.15, 0.2) is 65.7 Å². The number of thioether (sulfide) groups is 1. The summed E-state index contributed by atoms with van der Waals surface area (Å²) in [6.07, 6.45) is 0.722. The van der Waals surface area contributed by atoms with E-state index in [-0.39, 0.29) is 0 Å². The normalized spacial score (nSPS) is 12.3. The molecule has 3 N–H and O–H groups in total. The molecule has 1 heterocycles. The maximum absolute atomic E-state index is 9.61. The van der Waals surface area contributed by atoms with E-state index in [1.807, 2.05) is 35.9 Å². The quantitative estimate of drug-likeness (QED) is 0.366. The van der Waals surface area contributed by atoms with Gasteiger partial charge >= 0.3 is 0 Å². The first kappa shape index (κ1) is 15.7. The van der Waals surface area contributed by atoms with Crippen LogP contribution in [0.4, 0.5) is 0 Å². The first-order valence-corrected chi connectivity index (χ1v) is 8.02. The summed E-state index contributed by atoms with van der Waals surface area (Å²) >= 11 is 1.69. The van der Waals surface area contributed by atoms with E-state index in [2.05, 4.69) is 22.4 Å². The molecular formula is C16H16N4O2S. The summed E-state index contributed by atoms with van der Waals surface area (Å²) < 4.78 is 1.65. The van der Waals surface area contributed by atoms with Crippen molar-refractivity contribution in [1.29, 1.82) is 0 Å². The number of rotatable bonds is 6. The summed E-state index contributed by atoms with van der Waals surface area (Å²) in [6, 6.07) is 17.2. The van der Waals surface area contributed by atoms with Crippen LogP contribution in [0.5, 0.6) is 0 Å². The molecule has 0 saturated heterocycles. The lowest BCUT2D eigenvalue weighted by Crippen LogP contribution is -2.16. The number of aromatic nitrogens is 3. The molecule has 118 valence electrons. The van der Waals surface area contributed by atoms with E-state index >= 15 is 0 Å². The highest BCUT2D eigenvalue weighted by molar-refractivity contribution is 7.98. The molecule has 0 saturated carbocycles. The van der Waals surface area contributed by atoms with Gasteiger partial charge in [-0.3, -0.25) is 0 Å². The molecule has 0 amide bonds. The summed E-state index contributed by atoms with van der Waals surface area (Å²) in [5, 5.41) is 26.7. The van der Waals surface area contributed by atoms with Crippen LogP contribution in [0.1, 0.15) is 17.5 Å². The Morgan fingerprint density at radius 1 is 1.13 bits per heavy atom. The predicted molar refractivity (Wildman–Crippen MR) is 87.2 cm³/mol. The number of benzene rings is 2. The Morgan fingerprint density at radius 3 is 2.74 bits per heavy atom. The second-order valence-electron chi connectivity index (χ2n) is 4.88. The number of aliphatic hydroxyl groups excluding tert-OH is 1. The van der Waals surface area contributed by atoms with Gasteiger partial charge < -0.3 is 10.3 Å². The van der Waals surface area contributed by atoms with Gasteiger partial charge in [-0.25, -0.2) is 4.68 Å². The molecule has 7 heteroatoms. The number of aliphatic hydroxyl groups is 1. The average Bonchev–Trinajstić information content (AvgIpc) is 3.09. The standard InChI is InChI=1S/C16H16N4O2S/c21-16(18-22)12-5-4-6-14(9-12)20-10-13(17-19-20)11-23-15-7-2-1-3-8-15/h1-10,16,18,21-22H,11H2. The highest BCUT2D eigenvalue weighted by atomic mass is 32.2. The van der Waals surface area contributed by atoms with Crippen molar-refractivity contribution in [3.8, 4) is 5.69 Å². The number of hydrogen-bond acceptors (Lipinski definition) is 6. The van der Waals surface area contributed by atoms with Crippen LogP contribution in [0.2, 0.25) is 0 Å². The summed E-state index contributed by atoms with van der Waals surface area (Å²) in [4.78, 5) is 1.18. The second kappa shape index (κ2) is 7.38. The molecule has 0 aliphatic carbocycles. The van der Waals surface area contributed by atoms with Gasteiger partial charge in [-0.15, -0.1) is 16.9 Å². The molecule has 23 heavy (non-hydrogen) atoms. The molecule has 0 spiro atoms. The zero-order valence-electron chi connectivity index (χ0n) is 12.2. The molecule has 1 unspecified atom stereocenters. The van der Waals surface area contributed by atoms with Gasteiger partial charge in [0.05, 0.1) is 17.6 Å². The highest BCUT2D eigenvalue weighted by Crippen LogP contribution is 2.22. The summed E-state index contributed by atoms with van der Waals surface area (Å²) in [7, 11) is 0. The fourth-order valence-electron chi connectivity index (χ4n) is 2.08. The number of hydrogen-bond donors (Lipinski definition) is 3. The minimum absolute atomic E-state index is 0.542. The van der Waals surface area contributed by atoms with Crippen molar-refractivity contribution >= 4 is 11.8 Å². The summed E-state index contributed by atoms with van der Waals surface area (Å²) in [6.45, 7) is 0. The lowest BCUT2D eigenvalue weighted by atomic mass is 10.2. The van der Waals surface area contributed by atoms with Crippen LogP contribution in [-0.4, -0.2) is 25.3 Å². The van der Waals surface area contributed by atoms with Crippen molar-refractivity contribution in [3.05, 3.63) is 72.1 Å². The van der Waals surface area contributed by atoms with Gasteiger partial charge in [-0.05, 0) is 29.8 Å². The topological polar surface area (TPSA) is 83.2 Å². The Hall–Kier alpha value is -2.19. The number of nitrogens with one attached hydrogen (secondary N) is 1. The Balaban J connectivity index is 1.72. The summed E-state index contributed by atoms with van der Waals surface area (Å²) in [5.41, 5.74) is 3.98. The van der Waals surface area contributed by atoms with Crippen molar-refractivity contribution < 1.29 is 10.3 Å². The van der Waals surface area contributed by atoms with Crippen molar-refractivity contribution in [3.63, 3.8) is 0 Å². The summed E-state index contributed by atoms with van der Waals surface area (Å²) in [5.74, 6) is 0.727. The molecule has 3 aromatic rings. The van der Waals surface area contributed by atoms with Crippen LogP contribution in [0, 0.1) is 0 Å². The molecule has 0 bridgehead atoms. The van der Waals surface area contributed by atoms with Gasteiger partial charge in [0.1, 0.15) is 0 Å². The zero-order valence-corrected chi connectivity index (χ0v) is 13.0. The third-order valence-corrected chi connectivity index (χ3v) is 4.29. The Morgan fingerprint density at radius 2 is 1.96 bits per heavy atom. The van der Waals surface area contributed by atoms with Crippen molar-refractivity contribution in [2.75, 3.05) is 0 Å². The molecule has 0 fully saturated rings. The van der Waals surface area contributed by atoms with E-state index in [4.69, 9.17) is 5.21 Å². The van der Waals surface area contributed by atoms with Crippen LogP contribution in [-0.2, 0) is 5.75 Å². The van der Waals surface area contributed by atoms with Crippen molar-refractivity contribution in [1.82, 2.24) is 20.5 Å². The fourth-order valence-corrected chi connectivity index (χ4v) is 2.87. The van der Waals surface area contributed by atoms with Gasteiger partial charge in [0, 0.05) is 10.6 Å². The molecule has 1 aromatic heterocycles. The van der Waals surface area contributed by atoms with Gasteiger partial charge in [-0.1, -0.05) is 35.5 Å². The smallest absolute Gasteiger partial charge is 0.152 e. The first-order valence-electron chi connectivity index (χ1n) is 7.03. The highest BCUT2D eigenvalue weighted by Gasteiger charge is 2.08. The van der Waals surface area contributed by atoms with Crippen molar-refractivity contribution in [2.24, 2.45) is 0 Å². The van der Waals surface area contributed by atoms with E-state index in [1.54, 1.807) is 34.6 Å². The minimum Gasteiger partial charge on any atom is -0.372 e. The molecule has 6 nitrogen and oxygen atoms in total. The molecule has 0 radical (unpaired) electrons. The largest absolute Gasteiger partial charge is 0.372 e. The van der Waals surface area contributed by atoms with E-state index in [0.29, 0.717) is 5.56 Å². The fraction of sp³-hybridized carbons (Fsp3) is 0.125. The molecule has 0 aliphatic rings. The average molecular weight is 328 g/mol. The molecule has 1 atom stereocenters. The van der Waals surface area contributed by atoms with Crippen LogP contribution >= 0.6 is 11.8 Å². The first-order chi connectivity index (χ1) is 11.3. The van der Waals surface area contributed by atoms with E-state index < -0.39 is 6.23 Å². The van der Waals surface area contributed by atoms with Gasteiger partial charge in [-0.2, -0.15) is 5.48 Å². The maximum Gasteiger partial charge on any atom is 0.152 e. The van der Waals surface area contributed by atoms with Gasteiger partial charge in [0.2, 0.25) is 0 Å². The van der Waals surface area contributed by atoms with Crippen LogP contribution in [0.25, 0.3) is 5.69 Å². The van der Waals surface area contributed by atoms with Gasteiger partial charge in [0.15, 0.2) is 6.23 Å². The maximum atomic E-state index is 9.61. The zero-order chi connectivity index (χ0) is 16.1. The molecule has 0 aliphatic heterocycles. The van der Waals surface area contributed by atoms with Crippen LogP contribution in [0.3, 0.4) is 0 Å². The van der Waals surface area contributed by atoms with Crippen LogP contribution < -0.4 is 5.48 Å². The minimum atomic E-state index is -1.13. The third-order valence-electron chi connectivity index (χ3n) is 3.24. The Kier molecular flexibility index (Phi) is 5.04. The van der Waals surface area contributed by atoms with Crippen molar-refractivity contribution in [2.45, 2.75) is 16.9 Å². The molecule has 3 rings (SSSR count). The van der Waals surface area contributed by atoms with Gasteiger partial charge in [0.25, 0.3) is 0 Å². The van der Waals surface area contributed by atoms with E-state index in [9.17, 15) is 5.11 Å².